The standard InChI is InChI=1S/C18H23N5O2.C6H14.CH3NO/c1-21(2)18(25)13-7-5-12(6-8-13)17-20-15(16(19)24)14-11-22(3)9-4-10-23(14)17;1-5-6(2,3)4;2-1-3/h5-8H,4,9-11H2,1-3H3,(H2,19,24);5H2,1-4H3;1H,(H2,2,3). The molecule has 0 atom stereocenters. The van der Waals surface area contributed by atoms with Crippen molar-refractivity contribution in [3.05, 3.63) is 41.2 Å². The van der Waals surface area contributed by atoms with Crippen molar-refractivity contribution in [2.45, 2.75) is 53.6 Å². The number of benzene rings is 1. The average Bonchev–Trinajstić information content (AvgIpc) is 3.00. The zero-order valence-corrected chi connectivity index (χ0v) is 21.6. The van der Waals surface area contributed by atoms with Crippen LogP contribution < -0.4 is 11.5 Å². The van der Waals surface area contributed by atoms with Crippen molar-refractivity contribution >= 4 is 18.2 Å². The van der Waals surface area contributed by atoms with Crippen LogP contribution in [-0.4, -0.2) is 65.3 Å². The molecule has 2 aromatic rings. The summed E-state index contributed by atoms with van der Waals surface area (Å²) in [4.78, 5) is 40.7. The van der Waals surface area contributed by atoms with Gasteiger partial charge in [0.2, 0.25) is 6.41 Å². The Bertz CT molecular complexity index is 958. The molecule has 0 saturated carbocycles. The van der Waals surface area contributed by atoms with Crippen LogP contribution in [0, 0.1) is 5.41 Å². The van der Waals surface area contributed by atoms with E-state index in [1.807, 2.05) is 19.2 Å². The van der Waals surface area contributed by atoms with Gasteiger partial charge in [-0.1, -0.05) is 46.2 Å². The molecule has 3 rings (SSSR count). The van der Waals surface area contributed by atoms with Crippen LogP contribution in [-0.2, 0) is 17.9 Å². The Morgan fingerprint density at radius 1 is 1.15 bits per heavy atom. The Kier molecular flexibility index (Phi) is 10.9. The molecule has 9 heteroatoms. The van der Waals surface area contributed by atoms with Gasteiger partial charge in [-0.25, -0.2) is 4.98 Å². The number of primary amides is 2. The molecule has 0 fully saturated rings. The van der Waals surface area contributed by atoms with Crippen LogP contribution in [0.4, 0.5) is 0 Å². The van der Waals surface area contributed by atoms with Gasteiger partial charge in [0, 0.05) is 38.3 Å². The van der Waals surface area contributed by atoms with Gasteiger partial charge in [0.05, 0.1) is 5.69 Å². The fraction of sp³-hybridized carbons (Fsp3) is 0.520. The summed E-state index contributed by atoms with van der Waals surface area (Å²) in [5.41, 5.74) is 12.9. The molecule has 0 bridgehead atoms. The van der Waals surface area contributed by atoms with Crippen molar-refractivity contribution in [2.24, 2.45) is 16.9 Å². The summed E-state index contributed by atoms with van der Waals surface area (Å²) >= 11 is 0. The SMILES string of the molecule is CCC(C)(C)C.CN1CCCn2c(-c3ccc(C(=O)N(C)C)cc3)nc(C(N)=O)c2C1.NC=O. The second-order valence-corrected chi connectivity index (χ2v) is 9.67. The molecule has 2 heterocycles. The van der Waals surface area contributed by atoms with Gasteiger partial charge in [0.1, 0.15) is 5.82 Å². The Morgan fingerprint density at radius 2 is 1.68 bits per heavy atom. The summed E-state index contributed by atoms with van der Waals surface area (Å²) in [5.74, 6) is 0.167. The first-order valence-electron chi connectivity index (χ1n) is 11.4. The van der Waals surface area contributed by atoms with Crippen molar-refractivity contribution < 1.29 is 14.4 Å². The fourth-order valence-electron chi connectivity index (χ4n) is 3.16. The van der Waals surface area contributed by atoms with Gasteiger partial charge in [-0.2, -0.15) is 0 Å². The van der Waals surface area contributed by atoms with Gasteiger partial charge in [-0.3, -0.25) is 14.4 Å². The Balaban J connectivity index is 0.000000551. The highest BCUT2D eigenvalue weighted by Gasteiger charge is 2.24. The first-order valence-corrected chi connectivity index (χ1v) is 11.4. The molecule has 1 aliphatic heterocycles. The number of nitrogens with two attached hydrogens (primary N) is 2. The van der Waals surface area contributed by atoms with Crippen LogP contribution in [0.3, 0.4) is 0 Å². The predicted octanol–water partition coefficient (Wildman–Crippen LogP) is 2.73. The first kappa shape index (κ1) is 28.8. The quantitative estimate of drug-likeness (QED) is 0.664. The number of hydrogen-bond donors (Lipinski definition) is 2. The molecule has 0 unspecified atom stereocenters. The molecule has 9 nitrogen and oxygen atoms in total. The van der Waals surface area contributed by atoms with Crippen LogP contribution in [0.5, 0.6) is 0 Å². The molecule has 1 aliphatic rings. The number of imidazole rings is 1. The summed E-state index contributed by atoms with van der Waals surface area (Å²) < 4.78 is 2.08. The van der Waals surface area contributed by atoms with E-state index >= 15 is 0 Å². The highest BCUT2D eigenvalue weighted by molar-refractivity contribution is 5.95. The van der Waals surface area contributed by atoms with Gasteiger partial charge in [0.15, 0.2) is 5.69 Å². The molecule has 0 saturated heterocycles. The summed E-state index contributed by atoms with van der Waals surface area (Å²) in [7, 11) is 5.47. The highest BCUT2D eigenvalue weighted by Crippen LogP contribution is 2.26. The third-order valence-electron chi connectivity index (χ3n) is 5.50. The van der Waals surface area contributed by atoms with Gasteiger partial charge >= 0.3 is 0 Å². The number of carbonyl (C=O) groups excluding carboxylic acids is 3. The molecule has 1 aromatic heterocycles. The van der Waals surface area contributed by atoms with Crippen molar-refractivity contribution in [3.63, 3.8) is 0 Å². The van der Waals surface area contributed by atoms with E-state index in [-0.39, 0.29) is 12.3 Å². The molecule has 4 N–H and O–H groups in total. The number of amides is 3. The lowest BCUT2D eigenvalue weighted by Gasteiger charge is -2.12. The number of hydrogen-bond acceptors (Lipinski definition) is 5. The maximum atomic E-state index is 12.0. The molecule has 0 aliphatic carbocycles. The molecule has 188 valence electrons. The van der Waals surface area contributed by atoms with Crippen molar-refractivity contribution in [3.8, 4) is 11.4 Å². The number of rotatable bonds is 3. The molecule has 3 amide bonds. The van der Waals surface area contributed by atoms with E-state index in [0.717, 1.165) is 36.6 Å². The van der Waals surface area contributed by atoms with Crippen LogP contribution in [0.1, 0.15) is 67.1 Å². The van der Waals surface area contributed by atoms with Gasteiger partial charge in [-0.15, -0.1) is 0 Å². The third-order valence-corrected chi connectivity index (χ3v) is 5.50. The zero-order chi connectivity index (χ0) is 26.1. The van der Waals surface area contributed by atoms with E-state index in [1.54, 1.807) is 26.2 Å². The second kappa shape index (κ2) is 12.9. The number of aromatic nitrogens is 2. The Hall–Kier alpha value is -3.20. The minimum Gasteiger partial charge on any atom is -0.372 e. The zero-order valence-electron chi connectivity index (χ0n) is 21.6. The lowest BCUT2D eigenvalue weighted by Crippen LogP contribution is -2.21. The van der Waals surface area contributed by atoms with E-state index in [9.17, 15) is 9.59 Å². The van der Waals surface area contributed by atoms with Crippen LogP contribution in [0.15, 0.2) is 24.3 Å². The van der Waals surface area contributed by atoms with Crippen molar-refractivity contribution in [2.75, 3.05) is 27.7 Å². The molecule has 1 aromatic carbocycles. The number of nitrogens with zero attached hydrogens (tertiary/aromatic N) is 4. The topological polar surface area (TPSA) is 128 Å². The van der Waals surface area contributed by atoms with Crippen LogP contribution in [0.25, 0.3) is 11.4 Å². The fourth-order valence-corrected chi connectivity index (χ4v) is 3.16. The average molecular weight is 473 g/mol. The smallest absolute Gasteiger partial charge is 0.269 e. The van der Waals surface area contributed by atoms with Crippen molar-refractivity contribution in [1.82, 2.24) is 19.4 Å². The predicted molar refractivity (Wildman–Crippen MR) is 135 cm³/mol. The van der Waals surface area contributed by atoms with E-state index < -0.39 is 5.91 Å². The summed E-state index contributed by atoms with van der Waals surface area (Å²) in [6.45, 7) is 11.3. The second-order valence-electron chi connectivity index (χ2n) is 9.67. The maximum Gasteiger partial charge on any atom is 0.269 e. The summed E-state index contributed by atoms with van der Waals surface area (Å²) in [6, 6.07) is 7.30. The van der Waals surface area contributed by atoms with E-state index in [2.05, 4.69) is 47.9 Å². The van der Waals surface area contributed by atoms with E-state index in [0.29, 0.717) is 23.2 Å². The molecule has 34 heavy (non-hydrogen) atoms. The third kappa shape index (κ3) is 8.30. The first-order chi connectivity index (χ1) is 15.9. The maximum absolute atomic E-state index is 12.0. The molecule has 0 spiro atoms. The normalized spacial score (nSPS) is 13.3. The van der Waals surface area contributed by atoms with E-state index in [1.165, 1.54) is 11.3 Å². The minimum atomic E-state index is -0.510. The van der Waals surface area contributed by atoms with Crippen LogP contribution >= 0.6 is 0 Å². The van der Waals surface area contributed by atoms with Gasteiger partial charge in [-0.05, 0) is 37.6 Å². The monoisotopic (exact) mass is 472 g/mol. The molecular weight excluding hydrogens is 432 g/mol. The lowest BCUT2D eigenvalue weighted by molar-refractivity contribution is -0.106. The summed E-state index contributed by atoms with van der Waals surface area (Å²) in [5, 5.41) is 0. The number of carbonyl (C=O) groups is 3. The number of fused-ring (bicyclic) bond motifs is 1. The highest BCUT2D eigenvalue weighted by atomic mass is 16.2. The molecule has 0 radical (unpaired) electrons. The lowest BCUT2D eigenvalue weighted by atomic mass is 9.94. The van der Waals surface area contributed by atoms with Gasteiger partial charge in [0.25, 0.3) is 11.8 Å². The Morgan fingerprint density at radius 3 is 2.12 bits per heavy atom. The molecular formula is C25H40N6O3. The van der Waals surface area contributed by atoms with E-state index in [4.69, 9.17) is 10.5 Å². The van der Waals surface area contributed by atoms with Gasteiger partial charge < -0.3 is 25.8 Å². The minimum absolute atomic E-state index is 0.0482. The van der Waals surface area contributed by atoms with Crippen molar-refractivity contribution in [1.29, 1.82) is 0 Å². The summed E-state index contributed by atoms with van der Waals surface area (Å²) in [6.07, 6.45) is 2.50. The Labute approximate surface area is 203 Å². The van der Waals surface area contributed by atoms with Crippen LogP contribution in [0.2, 0.25) is 0 Å². The largest absolute Gasteiger partial charge is 0.372 e.